The first-order valence-corrected chi connectivity index (χ1v) is 10.8. The van der Waals surface area contributed by atoms with Crippen molar-refractivity contribution < 1.29 is 13.9 Å². The van der Waals surface area contributed by atoms with E-state index >= 15 is 0 Å². The molecule has 5 nitrogen and oxygen atoms in total. The number of aromatic nitrogens is 1. The van der Waals surface area contributed by atoms with Gasteiger partial charge in [-0.1, -0.05) is 11.6 Å². The van der Waals surface area contributed by atoms with E-state index in [0.717, 1.165) is 57.2 Å². The number of carbonyl (C=O) groups is 1. The van der Waals surface area contributed by atoms with Crippen LogP contribution in [-0.4, -0.2) is 42.7 Å². The van der Waals surface area contributed by atoms with Crippen LogP contribution in [0.4, 0.5) is 4.39 Å². The Kier molecular flexibility index (Phi) is 7.66. The molecule has 1 aromatic heterocycles. The minimum absolute atomic E-state index is 0.0963. The van der Waals surface area contributed by atoms with Crippen molar-refractivity contribution in [1.29, 1.82) is 0 Å². The molecule has 1 aliphatic heterocycles. The second-order valence-corrected chi connectivity index (χ2v) is 8.41. The van der Waals surface area contributed by atoms with E-state index in [1.165, 1.54) is 12.3 Å². The third-order valence-corrected chi connectivity index (χ3v) is 6.51. The molecule has 0 unspecified atom stereocenters. The average molecular weight is 412 g/mol. The van der Waals surface area contributed by atoms with Gasteiger partial charge in [0.15, 0.2) is 0 Å². The number of rotatable bonds is 7. The number of ether oxygens (including phenoxy) is 1. The van der Waals surface area contributed by atoms with E-state index in [0.29, 0.717) is 36.6 Å². The monoisotopic (exact) mass is 411 g/mol. The molecule has 0 spiro atoms. The van der Waals surface area contributed by atoms with Crippen LogP contribution in [0.2, 0.25) is 5.02 Å². The van der Waals surface area contributed by atoms with E-state index in [4.69, 9.17) is 16.3 Å². The van der Waals surface area contributed by atoms with Gasteiger partial charge < -0.3 is 15.4 Å². The highest BCUT2D eigenvalue weighted by Gasteiger charge is 2.39. The maximum atomic E-state index is 13.2. The number of carbonyl (C=O) groups excluding carboxylic acids is 1. The van der Waals surface area contributed by atoms with E-state index in [9.17, 15) is 9.18 Å². The van der Waals surface area contributed by atoms with Crippen molar-refractivity contribution in [2.75, 3.05) is 26.3 Å². The second kappa shape index (κ2) is 9.99. The molecule has 1 aromatic rings. The van der Waals surface area contributed by atoms with E-state index in [1.54, 1.807) is 0 Å². The minimum Gasteiger partial charge on any atom is -0.381 e. The lowest BCUT2D eigenvalue weighted by Crippen LogP contribution is -2.60. The fourth-order valence-corrected chi connectivity index (χ4v) is 4.81. The summed E-state index contributed by atoms with van der Waals surface area (Å²) in [6, 6.07) is 1.36. The summed E-state index contributed by atoms with van der Waals surface area (Å²) in [5.41, 5.74) is 0.342. The number of nitrogens with one attached hydrogen (secondary N) is 2. The zero-order chi connectivity index (χ0) is 20.0. The predicted octanol–water partition coefficient (Wildman–Crippen LogP) is 3.81. The van der Waals surface area contributed by atoms with Gasteiger partial charge in [0, 0.05) is 25.7 Å². The molecule has 1 saturated heterocycles. The normalized spacial score (nSPS) is 24.7. The maximum Gasteiger partial charge on any atom is 0.240 e. The fraction of sp³-hybridized carbons (Fsp3) is 0.714. The van der Waals surface area contributed by atoms with Gasteiger partial charge in [-0.2, -0.15) is 0 Å². The average Bonchev–Trinajstić information content (AvgIpc) is 2.70. The van der Waals surface area contributed by atoms with Crippen LogP contribution in [0, 0.1) is 11.7 Å². The number of likely N-dealkylation sites (N-methyl/N-ethyl adjacent to an activating group) is 1. The molecule has 0 aromatic carbocycles. The van der Waals surface area contributed by atoms with Gasteiger partial charge in [-0.25, -0.2) is 4.39 Å². The summed E-state index contributed by atoms with van der Waals surface area (Å²) in [5, 5.41) is 6.97. The first-order chi connectivity index (χ1) is 13.5. The number of halogens is 2. The molecule has 0 atom stereocenters. The molecule has 1 saturated carbocycles. The number of amides is 1. The molecular weight excluding hydrogens is 381 g/mol. The Bertz CT molecular complexity index is 659. The molecule has 0 radical (unpaired) electrons. The van der Waals surface area contributed by atoms with Gasteiger partial charge in [0.2, 0.25) is 5.91 Å². The summed E-state index contributed by atoms with van der Waals surface area (Å²) >= 11 is 6.18. The van der Waals surface area contributed by atoms with Gasteiger partial charge in [0.1, 0.15) is 11.4 Å². The Morgan fingerprint density at radius 2 is 2.04 bits per heavy atom. The Morgan fingerprint density at radius 3 is 2.68 bits per heavy atom. The molecule has 156 valence electrons. The highest BCUT2D eigenvalue weighted by atomic mass is 35.5. The molecular formula is C21H31ClFN3O2. The molecule has 28 heavy (non-hydrogen) atoms. The summed E-state index contributed by atoms with van der Waals surface area (Å²) in [6.07, 6.45) is 8.03. The molecule has 2 heterocycles. The van der Waals surface area contributed by atoms with E-state index in [-0.39, 0.29) is 11.7 Å². The highest BCUT2D eigenvalue weighted by Crippen LogP contribution is 2.38. The van der Waals surface area contributed by atoms with Gasteiger partial charge >= 0.3 is 0 Å². The zero-order valence-corrected chi connectivity index (χ0v) is 17.4. The summed E-state index contributed by atoms with van der Waals surface area (Å²) in [6.45, 7) is 4.68. The van der Waals surface area contributed by atoms with Crippen LogP contribution in [0.3, 0.4) is 0 Å². The smallest absolute Gasteiger partial charge is 0.240 e. The molecule has 7 heteroatoms. The Balaban J connectivity index is 1.47. The maximum absolute atomic E-state index is 13.2. The van der Waals surface area contributed by atoms with Crippen LogP contribution in [0.25, 0.3) is 0 Å². The Morgan fingerprint density at radius 1 is 1.32 bits per heavy atom. The highest BCUT2D eigenvalue weighted by molar-refractivity contribution is 6.31. The number of nitrogens with zero attached hydrogens (tertiary/aromatic N) is 1. The number of hydrogen-bond donors (Lipinski definition) is 2. The lowest BCUT2D eigenvalue weighted by molar-refractivity contribution is -0.131. The third-order valence-electron chi connectivity index (χ3n) is 6.20. The van der Waals surface area contributed by atoms with Gasteiger partial charge in [0.05, 0.1) is 16.9 Å². The largest absolute Gasteiger partial charge is 0.381 e. The second-order valence-electron chi connectivity index (χ2n) is 8.01. The quantitative estimate of drug-likeness (QED) is 0.716. The molecule has 2 aliphatic rings. The van der Waals surface area contributed by atoms with Crippen molar-refractivity contribution in [2.45, 2.75) is 63.3 Å². The Labute approximate surface area is 171 Å². The zero-order valence-electron chi connectivity index (χ0n) is 16.6. The molecule has 0 bridgehead atoms. The SMILES string of the molecule is CCNC(=O)C1(NCC[C@H]2CC[C@@H](c3ncc(F)cc3Cl)CC2)CCOCC1. The van der Waals surface area contributed by atoms with E-state index in [1.807, 2.05) is 6.92 Å². The molecule has 1 aliphatic carbocycles. The van der Waals surface area contributed by atoms with Crippen LogP contribution >= 0.6 is 11.6 Å². The van der Waals surface area contributed by atoms with Crippen molar-refractivity contribution in [1.82, 2.24) is 15.6 Å². The van der Waals surface area contributed by atoms with Crippen molar-refractivity contribution in [3.63, 3.8) is 0 Å². The summed E-state index contributed by atoms with van der Waals surface area (Å²) in [4.78, 5) is 16.8. The first-order valence-electron chi connectivity index (χ1n) is 10.5. The van der Waals surface area contributed by atoms with Crippen molar-refractivity contribution >= 4 is 17.5 Å². The lowest BCUT2D eigenvalue weighted by atomic mass is 9.79. The van der Waals surface area contributed by atoms with Crippen LogP contribution in [0.1, 0.15) is 63.5 Å². The van der Waals surface area contributed by atoms with Crippen LogP contribution in [-0.2, 0) is 9.53 Å². The summed E-state index contributed by atoms with van der Waals surface area (Å²) in [5.74, 6) is 0.658. The molecule has 2 N–H and O–H groups in total. The number of pyridine rings is 1. The molecule has 1 amide bonds. The van der Waals surface area contributed by atoms with Crippen molar-refractivity contribution in [2.24, 2.45) is 5.92 Å². The summed E-state index contributed by atoms with van der Waals surface area (Å²) < 4.78 is 18.7. The third kappa shape index (κ3) is 5.22. The van der Waals surface area contributed by atoms with E-state index < -0.39 is 5.54 Å². The number of hydrogen-bond acceptors (Lipinski definition) is 4. The fourth-order valence-electron chi connectivity index (χ4n) is 4.50. The minimum atomic E-state index is -0.489. The van der Waals surface area contributed by atoms with Gasteiger partial charge in [-0.3, -0.25) is 9.78 Å². The predicted molar refractivity (Wildman–Crippen MR) is 108 cm³/mol. The van der Waals surface area contributed by atoms with Gasteiger partial charge in [-0.15, -0.1) is 0 Å². The van der Waals surface area contributed by atoms with Crippen molar-refractivity contribution in [3.05, 3.63) is 28.8 Å². The van der Waals surface area contributed by atoms with Gasteiger partial charge in [-0.05, 0) is 70.4 Å². The topological polar surface area (TPSA) is 63.2 Å². The van der Waals surface area contributed by atoms with Crippen molar-refractivity contribution in [3.8, 4) is 0 Å². The van der Waals surface area contributed by atoms with Crippen LogP contribution in [0.15, 0.2) is 12.3 Å². The van der Waals surface area contributed by atoms with Gasteiger partial charge in [0.25, 0.3) is 0 Å². The summed E-state index contributed by atoms with van der Waals surface area (Å²) in [7, 11) is 0. The molecule has 3 rings (SSSR count). The first kappa shape index (κ1) is 21.5. The Hall–Kier alpha value is -1.24. The lowest BCUT2D eigenvalue weighted by Gasteiger charge is -2.37. The van der Waals surface area contributed by atoms with E-state index in [2.05, 4.69) is 15.6 Å². The van der Waals surface area contributed by atoms with Crippen LogP contribution < -0.4 is 10.6 Å². The van der Waals surface area contributed by atoms with Crippen LogP contribution in [0.5, 0.6) is 0 Å². The standard InChI is InChI=1S/C21H31ClFN3O2/c1-2-24-20(27)21(8-11-28-12-9-21)26-10-7-15-3-5-16(6-4-15)19-18(22)13-17(23)14-25-19/h13-16,26H,2-12H2,1H3,(H,24,27)/t15-,16+. The molecule has 2 fully saturated rings.